The molecule has 0 aromatic heterocycles. The number of hydrogen-bond donors (Lipinski definition) is 0. The van der Waals surface area contributed by atoms with E-state index in [1.54, 1.807) is 19.1 Å². The van der Waals surface area contributed by atoms with Gasteiger partial charge in [0.1, 0.15) is 12.3 Å². The minimum Gasteiger partial charge on any atom is -0.497 e. The molecule has 6 nitrogen and oxygen atoms in total. The second-order valence-electron chi connectivity index (χ2n) is 5.20. The molecule has 0 saturated heterocycles. The van der Waals surface area contributed by atoms with Crippen molar-refractivity contribution < 1.29 is 22.7 Å². The van der Waals surface area contributed by atoms with E-state index >= 15 is 0 Å². The summed E-state index contributed by atoms with van der Waals surface area (Å²) in [4.78, 5) is 11.8. The van der Waals surface area contributed by atoms with Gasteiger partial charge < -0.3 is 9.47 Å². The van der Waals surface area contributed by atoms with Gasteiger partial charge in [-0.15, -0.1) is 0 Å². The van der Waals surface area contributed by atoms with Crippen LogP contribution in [0.5, 0.6) is 5.75 Å². The maximum atomic E-state index is 13.0. The average molecular weight is 384 g/mol. The Balaban J connectivity index is 2.52. The van der Waals surface area contributed by atoms with E-state index in [9.17, 15) is 13.2 Å². The summed E-state index contributed by atoms with van der Waals surface area (Å²) < 4.78 is 36.7. The van der Waals surface area contributed by atoms with Crippen LogP contribution in [0.2, 0.25) is 5.02 Å². The monoisotopic (exact) mass is 383 g/mol. The van der Waals surface area contributed by atoms with Gasteiger partial charge in [0.15, 0.2) is 0 Å². The van der Waals surface area contributed by atoms with Crippen LogP contribution in [0.25, 0.3) is 0 Å². The maximum Gasteiger partial charge on any atom is 0.326 e. The lowest BCUT2D eigenvalue weighted by Gasteiger charge is -2.24. The Bertz CT molecular complexity index is 865. The summed E-state index contributed by atoms with van der Waals surface area (Å²) in [5.74, 6) is -0.161. The number of sulfonamides is 1. The first-order valence-corrected chi connectivity index (χ1v) is 9.11. The highest BCUT2D eigenvalue weighted by atomic mass is 35.5. The molecule has 0 radical (unpaired) electrons. The fourth-order valence-electron chi connectivity index (χ4n) is 2.11. The lowest BCUT2D eigenvalue weighted by molar-refractivity contribution is -0.138. The molecule has 25 heavy (non-hydrogen) atoms. The molecule has 8 heteroatoms. The van der Waals surface area contributed by atoms with E-state index < -0.39 is 22.5 Å². The number of hydrogen-bond acceptors (Lipinski definition) is 5. The molecule has 0 amide bonds. The van der Waals surface area contributed by atoms with Gasteiger partial charge in [-0.25, -0.2) is 8.42 Å². The van der Waals surface area contributed by atoms with E-state index in [0.717, 1.165) is 9.87 Å². The number of nitrogens with zero attached hydrogens (tertiary/aromatic N) is 1. The van der Waals surface area contributed by atoms with Gasteiger partial charge in [0.05, 0.1) is 24.8 Å². The van der Waals surface area contributed by atoms with Gasteiger partial charge >= 0.3 is 5.97 Å². The van der Waals surface area contributed by atoms with Crippen LogP contribution in [0, 0.1) is 6.92 Å². The molecule has 0 saturated carbocycles. The number of rotatable bonds is 6. The Morgan fingerprint density at radius 1 is 1.12 bits per heavy atom. The predicted molar refractivity (Wildman–Crippen MR) is 95.7 cm³/mol. The first-order chi connectivity index (χ1) is 11.8. The number of halogens is 1. The van der Waals surface area contributed by atoms with Crippen LogP contribution in [0.1, 0.15) is 5.56 Å². The third kappa shape index (κ3) is 4.24. The van der Waals surface area contributed by atoms with Gasteiger partial charge in [-0.1, -0.05) is 17.7 Å². The SMILES string of the molecule is COC(=O)CN(c1ccc(C)c(Cl)c1)S(=O)(=O)c1ccc(OC)cc1. The number of ether oxygens (including phenoxy) is 2. The molecule has 0 atom stereocenters. The van der Waals surface area contributed by atoms with Gasteiger partial charge in [-0.3, -0.25) is 9.10 Å². The second kappa shape index (κ2) is 7.76. The number of benzene rings is 2. The summed E-state index contributed by atoms with van der Waals surface area (Å²) in [7, 11) is -1.31. The van der Waals surface area contributed by atoms with E-state index in [2.05, 4.69) is 4.74 Å². The number of methoxy groups -OCH3 is 2. The highest BCUT2D eigenvalue weighted by Crippen LogP contribution is 2.28. The molecule has 0 aliphatic heterocycles. The summed E-state index contributed by atoms with van der Waals surface area (Å²) >= 11 is 6.11. The average Bonchev–Trinajstić information content (AvgIpc) is 2.61. The molecule has 2 rings (SSSR count). The minimum atomic E-state index is -4.00. The van der Waals surface area contributed by atoms with Crippen molar-refractivity contribution in [2.75, 3.05) is 25.1 Å². The van der Waals surface area contributed by atoms with Crippen LogP contribution in [0.15, 0.2) is 47.4 Å². The van der Waals surface area contributed by atoms with Crippen LogP contribution < -0.4 is 9.04 Å². The molecule has 0 aliphatic rings. The van der Waals surface area contributed by atoms with Crippen LogP contribution >= 0.6 is 11.6 Å². The first-order valence-electron chi connectivity index (χ1n) is 7.29. The van der Waals surface area contributed by atoms with Crippen LogP contribution in [-0.4, -0.2) is 35.2 Å². The third-order valence-corrected chi connectivity index (χ3v) is 5.79. The molecule has 0 fully saturated rings. The summed E-state index contributed by atoms with van der Waals surface area (Å²) in [6, 6.07) is 10.7. The predicted octanol–water partition coefficient (Wildman–Crippen LogP) is 3.03. The number of anilines is 1. The molecule has 134 valence electrons. The van der Waals surface area contributed by atoms with Crippen molar-refractivity contribution in [1.29, 1.82) is 0 Å². The van der Waals surface area contributed by atoms with E-state index in [1.165, 1.54) is 44.6 Å². The van der Waals surface area contributed by atoms with Crippen molar-refractivity contribution >= 4 is 33.3 Å². The lowest BCUT2D eigenvalue weighted by atomic mass is 10.2. The summed E-state index contributed by atoms with van der Waals surface area (Å²) in [5, 5.41) is 0.400. The summed E-state index contributed by atoms with van der Waals surface area (Å²) in [5.41, 5.74) is 1.07. The van der Waals surface area contributed by atoms with E-state index in [1.807, 2.05) is 0 Å². The maximum absolute atomic E-state index is 13.0. The fraction of sp³-hybridized carbons (Fsp3) is 0.235. The highest BCUT2D eigenvalue weighted by molar-refractivity contribution is 7.92. The van der Waals surface area contributed by atoms with Crippen molar-refractivity contribution in [3.8, 4) is 5.75 Å². The fourth-order valence-corrected chi connectivity index (χ4v) is 3.68. The number of esters is 1. The molecule has 2 aromatic rings. The number of aryl methyl sites for hydroxylation is 1. The number of carbonyl (C=O) groups excluding carboxylic acids is 1. The molecular formula is C17H18ClNO5S. The Labute approximate surface area is 152 Å². The van der Waals surface area contributed by atoms with Gasteiger partial charge in [0, 0.05) is 5.02 Å². The molecule has 0 spiro atoms. The second-order valence-corrected chi connectivity index (χ2v) is 7.47. The van der Waals surface area contributed by atoms with Crippen molar-refractivity contribution in [2.45, 2.75) is 11.8 Å². The normalized spacial score (nSPS) is 11.0. The lowest BCUT2D eigenvalue weighted by Crippen LogP contribution is -2.36. The van der Waals surface area contributed by atoms with Gasteiger partial charge in [-0.2, -0.15) is 0 Å². The largest absolute Gasteiger partial charge is 0.497 e. The molecular weight excluding hydrogens is 366 g/mol. The number of carbonyl (C=O) groups is 1. The quantitative estimate of drug-likeness (QED) is 0.717. The van der Waals surface area contributed by atoms with Gasteiger partial charge in [0.25, 0.3) is 10.0 Å². The van der Waals surface area contributed by atoms with E-state index in [0.29, 0.717) is 10.8 Å². The Hall–Kier alpha value is -2.25. The zero-order chi connectivity index (χ0) is 18.6. The van der Waals surface area contributed by atoms with Crippen molar-refractivity contribution in [1.82, 2.24) is 0 Å². The first kappa shape index (κ1) is 19.1. The van der Waals surface area contributed by atoms with E-state index in [4.69, 9.17) is 16.3 Å². The van der Waals surface area contributed by atoms with Gasteiger partial charge in [-0.05, 0) is 48.9 Å². The molecule has 0 heterocycles. The smallest absolute Gasteiger partial charge is 0.326 e. The molecule has 0 unspecified atom stereocenters. The molecule has 0 aliphatic carbocycles. The van der Waals surface area contributed by atoms with Crippen molar-refractivity contribution in [3.63, 3.8) is 0 Å². The highest BCUT2D eigenvalue weighted by Gasteiger charge is 2.28. The summed E-state index contributed by atoms with van der Waals surface area (Å²) in [6.07, 6.45) is 0. The van der Waals surface area contributed by atoms with Crippen LogP contribution in [0.3, 0.4) is 0 Å². The standard InChI is InChI=1S/C17H18ClNO5S/c1-12-4-5-13(10-16(12)18)19(11-17(20)24-3)25(21,22)15-8-6-14(23-2)7-9-15/h4-10H,11H2,1-3H3. The van der Waals surface area contributed by atoms with Gasteiger partial charge in [0.2, 0.25) is 0 Å². The van der Waals surface area contributed by atoms with Crippen LogP contribution in [-0.2, 0) is 19.6 Å². The topological polar surface area (TPSA) is 72.9 Å². The minimum absolute atomic E-state index is 0.0221. The summed E-state index contributed by atoms with van der Waals surface area (Å²) in [6.45, 7) is 1.33. The zero-order valence-electron chi connectivity index (χ0n) is 14.0. The van der Waals surface area contributed by atoms with E-state index in [-0.39, 0.29) is 10.6 Å². The Morgan fingerprint density at radius 2 is 1.76 bits per heavy atom. The molecule has 2 aromatic carbocycles. The van der Waals surface area contributed by atoms with Crippen LogP contribution in [0.4, 0.5) is 5.69 Å². The van der Waals surface area contributed by atoms with Crippen molar-refractivity contribution in [3.05, 3.63) is 53.1 Å². The molecule has 0 bridgehead atoms. The Morgan fingerprint density at radius 3 is 2.28 bits per heavy atom. The molecule has 0 N–H and O–H groups in total. The Kier molecular flexibility index (Phi) is 5.92. The zero-order valence-corrected chi connectivity index (χ0v) is 15.6. The third-order valence-electron chi connectivity index (χ3n) is 3.59. The van der Waals surface area contributed by atoms with Crippen molar-refractivity contribution in [2.24, 2.45) is 0 Å².